The van der Waals surface area contributed by atoms with Crippen LogP contribution in [0.2, 0.25) is 0 Å². The summed E-state index contributed by atoms with van der Waals surface area (Å²) in [6.07, 6.45) is 4.06. The highest BCUT2D eigenvalue weighted by molar-refractivity contribution is 5.94. The first-order chi connectivity index (χ1) is 8.25. The molecule has 0 atom stereocenters. The topological polar surface area (TPSA) is 17.1 Å². The largest absolute Gasteiger partial charge is 0.295 e. The third kappa shape index (κ3) is 3.15. The van der Waals surface area contributed by atoms with Gasteiger partial charge in [0.05, 0.1) is 0 Å². The number of Topliss-reactive ketones (excluding diaryl/α,β-unsaturated/α-hetero) is 1. The van der Waals surface area contributed by atoms with Gasteiger partial charge < -0.3 is 0 Å². The van der Waals surface area contributed by atoms with Crippen LogP contribution in [0.5, 0.6) is 0 Å². The van der Waals surface area contributed by atoms with Crippen LogP contribution < -0.4 is 0 Å². The van der Waals surface area contributed by atoms with E-state index in [-0.39, 0.29) is 5.78 Å². The molecule has 2 aromatic rings. The molecular formula is C16H14O. The van der Waals surface area contributed by atoms with Gasteiger partial charge in [-0.15, -0.1) is 0 Å². The first-order valence-electron chi connectivity index (χ1n) is 5.60. The van der Waals surface area contributed by atoms with Gasteiger partial charge in [0.1, 0.15) is 0 Å². The van der Waals surface area contributed by atoms with E-state index in [0.29, 0.717) is 0 Å². The second-order valence-electron chi connectivity index (χ2n) is 3.93. The van der Waals surface area contributed by atoms with Crippen LogP contribution in [0.3, 0.4) is 0 Å². The van der Waals surface area contributed by atoms with Crippen LogP contribution in [0, 0.1) is 0 Å². The molecule has 1 heteroatoms. The Morgan fingerprint density at radius 2 is 1.53 bits per heavy atom. The van der Waals surface area contributed by atoms with Crippen molar-refractivity contribution in [2.75, 3.05) is 0 Å². The molecule has 0 fully saturated rings. The van der Waals surface area contributed by atoms with E-state index in [0.717, 1.165) is 16.7 Å². The van der Waals surface area contributed by atoms with Crippen molar-refractivity contribution in [2.45, 2.75) is 6.92 Å². The van der Waals surface area contributed by atoms with E-state index in [1.807, 2.05) is 66.7 Å². The maximum atomic E-state index is 11.2. The van der Waals surface area contributed by atoms with E-state index in [4.69, 9.17) is 0 Å². The van der Waals surface area contributed by atoms with Gasteiger partial charge in [0.25, 0.3) is 0 Å². The molecule has 2 aromatic carbocycles. The zero-order valence-electron chi connectivity index (χ0n) is 9.76. The SMILES string of the molecule is CC(=O)c1cccc(/C=C\c2ccccc2)c1. The smallest absolute Gasteiger partial charge is 0.159 e. The third-order valence-electron chi connectivity index (χ3n) is 2.56. The second kappa shape index (κ2) is 5.26. The minimum Gasteiger partial charge on any atom is -0.295 e. The van der Waals surface area contributed by atoms with Crippen LogP contribution in [0.25, 0.3) is 12.2 Å². The first-order valence-corrected chi connectivity index (χ1v) is 5.60. The molecule has 0 aliphatic rings. The van der Waals surface area contributed by atoms with E-state index in [1.165, 1.54) is 0 Å². The normalized spacial score (nSPS) is 10.6. The summed E-state index contributed by atoms with van der Waals surface area (Å²) in [7, 11) is 0. The van der Waals surface area contributed by atoms with Gasteiger partial charge in [0.15, 0.2) is 5.78 Å². The Bertz CT molecular complexity index is 538. The van der Waals surface area contributed by atoms with Crippen molar-refractivity contribution in [1.82, 2.24) is 0 Å². The van der Waals surface area contributed by atoms with Crippen LogP contribution in [0.15, 0.2) is 54.6 Å². The van der Waals surface area contributed by atoms with Crippen LogP contribution in [0.1, 0.15) is 28.4 Å². The van der Waals surface area contributed by atoms with Gasteiger partial charge in [-0.3, -0.25) is 4.79 Å². The zero-order valence-corrected chi connectivity index (χ0v) is 9.76. The molecule has 0 spiro atoms. The Morgan fingerprint density at radius 3 is 2.24 bits per heavy atom. The molecule has 1 nitrogen and oxygen atoms in total. The summed E-state index contributed by atoms with van der Waals surface area (Å²) >= 11 is 0. The molecule has 0 unspecified atom stereocenters. The van der Waals surface area contributed by atoms with Gasteiger partial charge in [-0.2, -0.15) is 0 Å². The minimum atomic E-state index is 0.0972. The number of carbonyl (C=O) groups is 1. The van der Waals surface area contributed by atoms with Gasteiger partial charge in [-0.05, 0) is 24.1 Å². The highest BCUT2D eigenvalue weighted by Gasteiger charge is 1.97. The Kier molecular flexibility index (Phi) is 3.51. The lowest BCUT2D eigenvalue weighted by atomic mass is 10.1. The molecule has 0 N–H and O–H groups in total. The van der Waals surface area contributed by atoms with Crippen LogP contribution >= 0.6 is 0 Å². The predicted octanol–water partition coefficient (Wildman–Crippen LogP) is 4.06. The maximum absolute atomic E-state index is 11.2. The Balaban J connectivity index is 2.22. The number of hydrogen-bond donors (Lipinski definition) is 0. The summed E-state index contributed by atoms with van der Waals surface area (Å²) in [4.78, 5) is 11.2. The summed E-state index contributed by atoms with van der Waals surface area (Å²) in [6, 6.07) is 17.7. The van der Waals surface area contributed by atoms with Crippen molar-refractivity contribution in [2.24, 2.45) is 0 Å². The fraction of sp³-hybridized carbons (Fsp3) is 0.0625. The molecule has 0 radical (unpaired) electrons. The van der Waals surface area contributed by atoms with Crippen molar-refractivity contribution < 1.29 is 4.79 Å². The molecule has 0 aliphatic carbocycles. The number of carbonyl (C=O) groups excluding carboxylic acids is 1. The standard InChI is InChI=1S/C16H14O/c1-13(17)16-9-5-8-15(12-16)11-10-14-6-3-2-4-7-14/h2-12H,1H3/b11-10-. The van der Waals surface area contributed by atoms with Crippen LogP contribution in [-0.2, 0) is 0 Å². The molecule has 0 aliphatic heterocycles. The van der Waals surface area contributed by atoms with Gasteiger partial charge in [-0.25, -0.2) is 0 Å². The van der Waals surface area contributed by atoms with Gasteiger partial charge in [0.2, 0.25) is 0 Å². The van der Waals surface area contributed by atoms with Crippen molar-refractivity contribution >= 4 is 17.9 Å². The second-order valence-corrected chi connectivity index (χ2v) is 3.93. The molecule has 0 amide bonds. The predicted molar refractivity (Wildman–Crippen MR) is 71.8 cm³/mol. The van der Waals surface area contributed by atoms with Crippen LogP contribution in [0.4, 0.5) is 0 Å². The minimum absolute atomic E-state index is 0.0972. The molecule has 0 bridgehead atoms. The lowest BCUT2D eigenvalue weighted by molar-refractivity contribution is 0.101. The number of benzene rings is 2. The van der Waals surface area contributed by atoms with Crippen molar-refractivity contribution in [1.29, 1.82) is 0 Å². The number of rotatable bonds is 3. The van der Waals surface area contributed by atoms with E-state index in [9.17, 15) is 4.79 Å². The quantitative estimate of drug-likeness (QED) is 0.565. The van der Waals surface area contributed by atoms with E-state index in [1.54, 1.807) is 6.92 Å². The van der Waals surface area contributed by atoms with Crippen molar-refractivity contribution in [3.05, 3.63) is 71.3 Å². The Hall–Kier alpha value is -2.15. The Labute approximate surface area is 101 Å². The summed E-state index contributed by atoms with van der Waals surface area (Å²) in [5, 5.41) is 0. The summed E-state index contributed by atoms with van der Waals surface area (Å²) in [6.45, 7) is 1.58. The van der Waals surface area contributed by atoms with E-state index < -0.39 is 0 Å². The molecule has 0 aromatic heterocycles. The molecule has 0 saturated heterocycles. The van der Waals surface area contributed by atoms with E-state index in [2.05, 4.69) is 0 Å². The lowest BCUT2D eigenvalue weighted by Crippen LogP contribution is -1.91. The summed E-state index contributed by atoms with van der Waals surface area (Å²) in [5.41, 5.74) is 2.95. The molecule has 0 saturated carbocycles. The maximum Gasteiger partial charge on any atom is 0.159 e. The fourth-order valence-electron chi connectivity index (χ4n) is 1.62. The van der Waals surface area contributed by atoms with Crippen molar-refractivity contribution in [3.63, 3.8) is 0 Å². The highest BCUT2D eigenvalue weighted by Crippen LogP contribution is 2.10. The monoisotopic (exact) mass is 222 g/mol. The number of hydrogen-bond acceptors (Lipinski definition) is 1. The highest BCUT2D eigenvalue weighted by atomic mass is 16.1. The van der Waals surface area contributed by atoms with Gasteiger partial charge >= 0.3 is 0 Å². The average Bonchev–Trinajstić information content (AvgIpc) is 2.38. The summed E-state index contributed by atoms with van der Waals surface area (Å²) in [5.74, 6) is 0.0972. The van der Waals surface area contributed by atoms with Crippen LogP contribution in [-0.4, -0.2) is 5.78 Å². The molecular weight excluding hydrogens is 208 g/mol. The Morgan fingerprint density at radius 1 is 0.882 bits per heavy atom. The third-order valence-corrected chi connectivity index (χ3v) is 2.56. The molecule has 17 heavy (non-hydrogen) atoms. The average molecular weight is 222 g/mol. The van der Waals surface area contributed by atoms with Gasteiger partial charge in [-0.1, -0.05) is 60.7 Å². The molecule has 0 heterocycles. The molecule has 2 rings (SSSR count). The fourth-order valence-corrected chi connectivity index (χ4v) is 1.62. The summed E-state index contributed by atoms with van der Waals surface area (Å²) < 4.78 is 0. The number of ketones is 1. The lowest BCUT2D eigenvalue weighted by Gasteiger charge is -1.98. The van der Waals surface area contributed by atoms with Crippen molar-refractivity contribution in [3.8, 4) is 0 Å². The van der Waals surface area contributed by atoms with Gasteiger partial charge in [0, 0.05) is 5.56 Å². The zero-order chi connectivity index (χ0) is 12.1. The van der Waals surface area contributed by atoms with E-state index >= 15 is 0 Å². The molecule has 84 valence electrons. The first kappa shape index (κ1) is 11.3.